The molecule has 2 bridgehead atoms. The highest BCUT2D eigenvalue weighted by Crippen LogP contribution is 2.42. The van der Waals surface area contributed by atoms with Crippen LogP contribution in [0, 0.1) is 17.8 Å². The molecule has 7 heteroatoms. The molecule has 1 amide bonds. The summed E-state index contributed by atoms with van der Waals surface area (Å²) in [5.74, 6) is 1.08. The standard InChI is InChI=1S/C20H29N3O3S/c1-27(25,26)23-9-8-17-15(12-23)6-3-7-18(17)22-20(24)16-10-13-4-2-5-14(11-16)19(13)21/h3,6-7,13-14,16,19H,2,4-5,8-12,21H2,1H3,(H,22,24). The first-order chi connectivity index (χ1) is 12.8. The van der Waals surface area contributed by atoms with E-state index in [4.69, 9.17) is 5.73 Å². The zero-order chi connectivity index (χ0) is 19.2. The molecule has 3 N–H and O–H groups in total. The Morgan fingerprint density at radius 3 is 2.59 bits per heavy atom. The van der Waals surface area contributed by atoms with Gasteiger partial charge in [0.25, 0.3) is 0 Å². The number of carbonyl (C=O) groups excluding carboxylic acids is 1. The summed E-state index contributed by atoms with van der Waals surface area (Å²) in [6.45, 7) is 0.835. The molecular formula is C20H29N3O3S. The Labute approximate surface area is 161 Å². The Hall–Kier alpha value is -1.44. The van der Waals surface area contributed by atoms with Crippen molar-refractivity contribution in [3.8, 4) is 0 Å². The van der Waals surface area contributed by atoms with E-state index in [-0.39, 0.29) is 17.9 Å². The molecule has 2 aliphatic carbocycles. The average molecular weight is 392 g/mol. The van der Waals surface area contributed by atoms with Crippen molar-refractivity contribution in [3.63, 3.8) is 0 Å². The summed E-state index contributed by atoms with van der Waals surface area (Å²) < 4.78 is 25.2. The van der Waals surface area contributed by atoms with Gasteiger partial charge in [0.05, 0.1) is 6.26 Å². The molecule has 148 valence electrons. The van der Waals surface area contributed by atoms with Crippen molar-refractivity contribution in [1.29, 1.82) is 0 Å². The third-order valence-electron chi connectivity index (χ3n) is 6.74. The van der Waals surface area contributed by atoms with Crippen LogP contribution in [-0.2, 0) is 27.8 Å². The highest BCUT2D eigenvalue weighted by atomic mass is 32.2. The minimum atomic E-state index is -3.20. The van der Waals surface area contributed by atoms with Crippen molar-refractivity contribution in [1.82, 2.24) is 4.31 Å². The lowest BCUT2D eigenvalue weighted by Crippen LogP contribution is -2.48. The fraction of sp³-hybridized carbons (Fsp3) is 0.650. The van der Waals surface area contributed by atoms with Gasteiger partial charge in [-0.3, -0.25) is 4.79 Å². The minimum Gasteiger partial charge on any atom is -0.327 e. The number of nitrogens with zero attached hydrogens (tertiary/aromatic N) is 1. The Balaban J connectivity index is 1.48. The van der Waals surface area contributed by atoms with E-state index in [1.54, 1.807) is 0 Å². The molecule has 4 rings (SSSR count). The quantitative estimate of drug-likeness (QED) is 0.825. The number of nitrogens with two attached hydrogens (primary N) is 1. The lowest BCUT2D eigenvalue weighted by Gasteiger charge is -2.43. The summed E-state index contributed by atoms with van der Waals surface area (Å²) in [5.41, 5.74) is 9.24. The molecule has 1 aromatic carbocycles. The van der Waals surface area contributed by atoms with Gasteiger partial charge in [0.15, 0.2) is 0 Å². The van der Waals surface area contributed by atoms with Crippen LogP contribution in [0.2, 0.25) is 0 Å². The molecule has 2 saturated carbocycles. The van der Waals surface area contributed by atoms with Gasteiger partial charge >= 0.3 is 0 Å². The summed E-state index contributed by atoms with van der Waals surface area (Å²) in [7, 11) is -3.20. The Morgan fingerprint density at radius 2 is 1.93 bits per heavy atom. The van der Waals surface area contributed by atoms with Crippen molar-refractivity contribution >= 4 is 21.6 Å². The van der Waals surface area contributed by atoms with Crippen LogP contribution in [-0.4, -0.2) is 37.5 Å². The zero-order valence-electron chi connectivity index (χ0n) is 15.9. The number of amides is 1. The van der Waals surface area contributed by atoms with Crippen molar-refractivity contribution < 1.29 is 13.2 Å². The summed E-state index contributed by atoms with van der Waals surface area (Å²) in [4.78, 5) is 13.0. The summed E-state index contributed by atoms with van der Waals surface area (Å²) >= 11 is 0. The highest BCUT2D eigenvalue weighted by molar-refractivity contribution is 7.88. The molecule has 0 radical (unpaired) electrons. The van der Waals surface area contributed by atoms with Crippen LogP contribution in [0.5, 0.6) is 0 Å². The summed E-state index contributed by atoms with van der Waals surface area (Å²) in [6, 6.07) is 6.04. The molecule has 3 aliphatic rings. The first-order valence-corrected chi connectivity index (χ1v) is 11.8. The average Bonchev–Trinajstić information content (AvgIpc) is 2.60. The van der Waals surface area contributed by atoms with E-state index in [0.29, 0.717) is 31.3 Å². The first kappa shape index (κ1) is 18.9. The molecule has 2 unspecified atom stereocenters. The van der Waals surface area contributed by atoms with E-state index in [0.717, 1.165) is 42.5 Å². The summed E-state index contributed by atoms with van der Waals surface area (Å²) in [6.07, 6.45) is 7.17. The lowest BCUT2D eigenvalue weighted by molar-refractivity contribution is -0.122. The molecule has 0 saturated heterocycles. The number of benzene rings is 1. The van der Waals surface area contributed by atoms with Crippen LogP contribution < -0.4 is 11.1 Å². The van der Waals surface area contributed by atoms with Crippen LogP contribution in [0.1, 0.15) is 43.2 Å². The second-order valence-corrected chi connectivity index (χ2v) is 10.5. The molecule has 6 nitrogen and oxygen atoms in total. The van der Waals surface area contributed by atoms with Crippen LogP contribution >= 0.6 is 0 Å². The van der Waals surface area contributed by atoms with Crippen molar-refractivity contribution in [2.45, 2.75) is 51.1 Å². The van der Waals surface area contributed by atoms with Crippen LogP contribution in [0.15, 0.2) is 18.2 Å². The molecule has 0 aromatic heterocycles. The minimum absolute atomic E-state index is 0.0343. The SMILES string of the molecule is CS(=O)(=O)N1CCc2c(cccc2NC(=O)C2CC3CCCC(C2)C3N)C1. The molecule has 1 aromatic rings. The monoisotopic (exact) mass is 391 g/mol. The number of carbonyl (C=O) groups is 1. The van der Waals surface area contributed by atoms with Gasteiger partial charge in [-0.2, -0.15) is 4.31 Å². The number of fused-ring (bicyclic) bond motifs is 3. The Kier molecular flexibility index (Phi) is 5.03. The largest absolute Gasteiger partial charge is 0.327 e. The zero-order valence-corrected chi connectivity index (χ0v) is 16.7. The fourth-order valence-electron chi connectivity index (χ4n) is 5.22. The van der Waals surface area contributed by atoms with Crippen molar-refractivity contribution in [2.75, 3.05) is 18.1 Å². The van der Waals surface area contributed by atoms with Crippen LogP contribution in [0.3, 0.4) is 0 Å². The van der Waals surface area contributed by atoms with Gasteiger partial charge in [0, 0.05) is 30.7 Å². The molecule has 0 spiro atoms. The third-order valence-corrected chi connectivity index (χ3v) is 7.99. The molecular weight excluding hydrogens is 362 g/mol. The van der Waals surface area contributed by atoms with Gasteiger partial charge < -0.3 is 11.1 Å². The number of anilines is 1. The van der Waals surface area contributed by atoms with E-state index in [2.05, 4.69) is 5.32 Å². The topological polar surface area (TPSA) is 92.5 Å². The van der Waals surface area contributed by atoms with Gasteiger partial charge in [0.1, 0.15) is 0 Å². The number of hydrogen-bond donors (Lipinski definition) is 2. The summed E-state index contributed by atoms with van der Waals surface area (Å²) in [5, 5.41) is 3.15. The van der Waals surface area contributed by atoms with Crippen LogP contribution in [0.4, 0.5) is 5.69 Å². The Bertz CT molecular complexity index is 825. The predicted octanol–water partition coefficient (Wildman–Crippen LogP) is 2.10. The lowest BCUT2D eigenvalue weighted by atomic mass is 9.65. The Morgan fingerprint density at radius 1 is 1.22 bits per heavy atom. The molecule has 1 heterocycles. The van der Waals surface area contributed by atoms with Crippen LogP contribution in [0.25, 0.3) is 0 Å². The fourth-order valence-corrected chi connectivity index (χ4v) is 6.02. The third kappa shape index (κ3) is 3.77. The molecule has 2 fully saturated rings. The number of hydrogen-bond acceptors (Lipinski definition) is 4. The highest BCUT2D eigenvalue weighted by Gasteiger charge is 2.40. The van der Waals surface area contributed by atoms with Crippen molar-refractivity contribution in [3.05, 3.63) is 29.3 Å². The van der Waals surface area contributed by atoms with Gasteiger partial charge in [-0.15, -0.1) is 0 Å². The maximum Gasteiger partial charge on any atom is 0.227 e. The maximum atomic E-state index is 13.0. The van der Waals surface area contributed by atoms with Gasteiger partial charge in [-0.25, -0.2) is 8.42 Å². The molecule has 1 aliphatic heterocycles. The normalized spacial score (nSPS) is 31.2. The number of rotatable bonds is 3. The van der Waals surface area contributed by atoms with E-state index < -0.39 is 10.0 Å². The number of sulfonamides is 1. The smallest absolute Gasteiger partial charge is 0.227 e. The van der Waals surface area contributed by atoms with Gasteiger partial charge in [-0.05, 0) is 61.1 Å². The van der Waals surface area contributed by atoms with Crippen molar-refractivity contribution in [2.24, 2.45) is 23.5 Å². The van der Waals surface area contributed by atoms with Gasteiger partial charge in [-0.1, -0.05) is 18.6 Å². The second-order valence-electron chi connectivity index (χ2n) is 8.48. The second kappa shape index (κ2) is 7.18. The van der Waals surface area contributed by atoms with E-state index in [1.807, 2.05) is 18.2 Å². The number of nitrogens with one attached hydrogen (secondary N) is 1. The molecule has 2 atom stereocenters. The van der Waals surface area contributed by atoms with Gasteiger partial charge in [0.2, 0.25) is 15.9 Å². The van der Waals surface area contributed by atoms with E-state index in [1.165, 1.54) is 17.0 Å². The van der Waals surface area contributed by atoms with E-state index in [9.17, 15) is 13.2 Å². The first-order valence-electron chi connectivity index (χ1n) is 9.95. The van der Waals surface area contributed by atoms with E-state index >= 15 is 0 Å². The maximum absolute atomic E-state index is 13.0. The molecule has 27 heavy (non-hydrogen) atoms. The predicted molar refractivity (Wildman–Crippen MR) is 106 cm³/mol.